The summed E-state index contributed by atoms with van der Waals surface area (Å²) in [6, 6.07) is 8.00. The number of aliphatic hydroxyl groups excluding tert-OH is 1. The molecular formula is C12H15N3O. The van der Waals surface area contributed by atoms with Crippen molar-refractivity contribution in [2.45, 2.75) is 18.9 Å². The number of benzene rings is 1. The van der Waals surface area contributed by atoms with Crippen LogP contribution in [0.3, 0.4) is 0 Å². The third kappa shape index (κ3) is 1.65. The minimum Gasteiger partial charge on any atom is -0.391 e. The number of rotatable bonds is 1. The number of hydrogen-bond donors (Lipinski definition) is 2. The molecule has 1 unspecified atom stereocenters. The van der Waals surface area contributed by atoms with Gasteiger partial charge in [-0.25, -0.2) is 4.98 Å². The highest BCUT2D eigenvalue weighted by molar-refractivity contribution is 5.77. The molecule has 0 aliphatic carbocycles. The van der Waals surface area contributed by atoms with Crippen molar-refractivity contribution < 1.29 is 5.11 Å². The molecular weight excluding hydrogens is 202 g/mol. The molecule has 3 rings (SSSR count). The van der Waals surface area contributed by atoms with Crippen molar-refractivity contribution in [3.05, 3.63) is 24.3 Å². The third-order valence-electron chi connectivity index (χ3n) is 3.07. The second-order valence-electron chi connectivity index (χ2n) is 4.32. The van der Waals surface area contributed by atoms with Crippen LogP contribution < -0.4 is 4.90 Å². The smallest absolute Gasteiger partial charge is 0.203 e. The number of aliphatic hydroxyl groups is 1. The van der Waals surface area contributed by atoms with Crippen LogP contribution in [0.15, 0.2) is 24.3 Å². The molecule has 0 amide bonds. The Morgan fingerprint density at radius 3 is 3.06 bits per heavy atom. The Morgan fingerprint density at radius 1 is 1.38 bits per heavy atom. The van der Waals surface area contributed by atoms with Crippen molar-refractivity contribution in [1.29, 1.82) is 0 Å². The second kappa shape index (κ2) is 3.79. The van der Waals surface area contributed by atoms with Gasteiger partial charge in [-0.1, -0.05) is 12.1 Å². The molecule has 84 valence electrons. The Kier molecular flexibility index (Phi) is 2.29. The van der Waals surface area contributed by atoms with Gasteiger partial charge in [-0.05, 0) is 25.0 Å². The maximum atomic E-state index is 9.63. The van der Waals surface area contributed by atoms with Gasteiger partial charge in [0.1, 0.15) is 0 Å². The average molecular weight is 217 g/mol. The summed E-state index contributed by atoms with van der Waals surface area (Å²) in [6.45, 7) is 1.65. The molecule has 16 heavy (non-hydrogen) atoms. The summed E-state index contributed by atoms with van der Waals surface area (Å²) in [5.41, 5.74) is 2.04. The van der Waals surface area contributed by atoms with E-state index in [0.717, 1.165) is 36.4 Å². The molecule has 4 heteroatoms. The average Bonchev–Trinajstić information content (AvgIpc) is 2.72. The molecule has 0 bridgehead atoms. The lowest BCUT2D eigenvalue weighted by atomic mass is 10.1. The highest BCUT2D eigenvalue weighted by atomic mass is 16.3. The molecule has 1 aliphatic rings. The predicted octanol–water partition coefficient (Wildman–Crippen LogP) is 1.52. The van der Waals surface area contributed by atoms with Crippen molar-refractivity contribution in [2.24, 2.45) is 0 Å². The number of H-pyrrole nitrogens is 1. The first-order chi connectivity index (χ1) is 7.83. The number of fused-ring (bicyclic) bond motifs is 1. The standard InChI is InChI=1S/C12H15N3O/c16-9-4-3-7-15(8-9)12-13-10-5-1-2-6-11(10)14-12/h1-2,5-6,9,16H,3-4,7-8H2,(H,13,14). The van der Waals surface area contributed by atoms with Crippen molar-refractivity contribution in [3.8, 4) is 0 Å². The maximum absolute atomic E-state index is 9.63. The molecule has 0 saturated carbocycles. The molecule has 2 aromatic rings. The number of piperidine rings is 1. The molecule has 1 fully saturated rings. The molecule has 1 atom stereocenters. The van der Waals surface area contributed by atoms with E-state index in [1.165, 1.54) is 0 Å². The summed E-state index contributed by atoms with van der Waals surface area (Å²) in [7, 11) is 0. The monoisotopic (exact) mass is 217 g/mol. The van der Waals surface area contributed by atoms with Crippen LogP contribution in [-0.2, 0) is 0 Å². The lowest BCUT2D eigenvalue weighted by Gasteiger charge is -2.29. The number of nitrogens with zero attached hydrogens (tertiary/aromatic N) is 2. The normalized spacial score (nSPS) is 21.6. The van der Waals surface area contributed by atoms with Crippen LogP contribution in [0, 0.1) is 0 Å². The van der Waals surface area contributed by atoms with Gasteiger partial charge in [-0.2, -0.15) is 0 Å². The minimum atomic E-state index is -0.220. The van der Waals surface area contributed by atoms with E-state index in [1.54, 1.807) is 0 Å². The van der Waals surface area contributed by atoms with Gasteiger partial charge in [-0.15, -0.1) is 0 Å². The fourth-order valence-electron chi connectivity index (χ4n) is 2.24. The number of aromatic amines is 1. The van der Waals surface area contributed by atoms with Crippen LogP contribution >= 0.6 is 0 Å². The molecule has 0 radical (unpaired) electrons. The predicted molar refractivity (Wildman–Crippen MR) is 63.5 cm³/mol. The quantitative estimate of drug-likeness (QED) is 0.761. The zero-order valence-electron chi connectivity index (χ0n) is 9.06. The first-order valence-electron chi connectivity index (χ1n) is 5.71. The van der Waals surface area contributed by atoms with Gasteiger partial charge < -0.3 is 15.0 Å². The van der Waals surface area contributed by atoms with E-state index >= 15 is 0 Å². The molecule has 1 saturated heterocycles. The number of nitrogens with one attached hydrogen (secondary N) is 1. The van der Waals surface area contributed by atoms with Crippen LogP contribution in [0.4, 0.5) is 5.95 Å². The zero-order valence-corrected chi connectivity index (χ0v) is 9.06. The fourth-order valence-corrected chi connectivity index (χ4v) is 2.24. The van der Waals surface area contributed by atoms with Gasteiger partial charge in [0.25, 0.3) is 0 Å². The maximum Gasteiger partial charge on any atom is 0.203 e. The largest absolute Gasteiger partial charge is 0.391 e. The third-order valence-corrected chi connectivity index (χ3v) is 3.07. The van der Waals surface area contributed by atoms with Gasteiger partial charge >= 0.3 is 0 Å². The Bertz CT molecular complexity index is 461. The highest BCUT2D eigenvalue weighted by Crippen LogP contribution is 2.20. The Morgan fingerprint density at radius 2 is 2.25 bits per heavy atom. The van der Waals surface area contributed by atoms with E-state index in [0.29, 0.717) is 6.54 Å². The van der Waals surface area contributed by atoms with Crippen LogP contribution in [-0.4, -0.2) is 34.3 Å². The number of imidazole rings is 1. The van der Waals surface area contributed by atoms with Gasteiger partial charge in [0.05, 0.1) is 17.1 Å². The molecule has 0 spiro atoms. The summed E-state index contributed by atoms with van der Waals surface area (Å²) in [4.78, 5) is 9.94. The second-order valence-corrected chi connectivity index (χ2v) is 4.32. The van der Waals surface area contributed by atoms with E-state index in [9.17, 15) is 5.11 Å². The van der Waals surface area contributed by atoms with Crippen molar-refractivity contribution >= 4 is 17.0 Å². The summed E-state index contributed by atoms with van der Waals surface area (Å²) >= 11 is 0. The van der Waals surface area contributed by atoms with Gasteiger partial charge in [0, 0.05) is 13.1 Å². The molecule has 1 aromatic heterocycles. The van der Waals surface area contributed by atoms with E-state index in [2.05, 4.69) is 14.9 Å². The van der Waals surface area contributed by atoms with Gasteiger partial charge in [-0.3, -0.25) is 0 Å². The fraction of sp³-hybridized carbons (Fsp3) is 0.417. The Hall–Kier alpha value is -1.55. The molecule has 2 N–H and O–H groups in total. The molecule has 1 aromatic carbocycles. The lowest BCUT2D eigenvalue weighted by Crippen LogP contribution is -2.38. The Balaban J connectivity index is 1.93. The van der Waals surface area contributed by atoms with Crippen LogP contribution in [0.5, 0.6) is 0 Å². The van der Waals surface area contributed by atoms with Crippen molar-refractivity contribution in [3.63, 3.8) is 0 Å². The summed E-state index contributed by atoms with van der Waals surface area (Å²) < 4.78 is 0. The first-order valence-corrected chi connectivity index (χ1v) is 5.71. The number of aromatic nitrogens is 2. The zero-order chi connectivity index (χ0) is 11.0. The van der Waals surface area contributed by atoms with E-state index in [1.807, 2.05) is 24.3 Å². The summed E-state index contributed by atoms with van der Waals surface area (Å²) in [6.07, 6.45) is 1.71. The van der Waals surface area contributed by atoms with Gasteiger partial charge in [0.15, 0.2) is 0 Å². The molecule has 4 nitrogen and oxygen atoms in total. The highest BCUT2D eigenvalue weighted by Gasteiger charge is 2.19. The SMILES string of the molecule is OC1CCCN(c2nc3ccccc3[nH]2)C1. The van der Waals surface area contributed by atoms with Crippen LogP contribution in [0.2, 0.25) is 0 Å². The van der Waals surface area contributed by atoms with Crippen LogP contribution in [0.1, 0.15) is 12.8 Å². The number of β-amino-alcohol motifs (C(OH)–C–C–N with tert-alkyl or cyclic N) is 1. The van der Waals surface area contributed by atoms with E-state index < -0.39 is 0 Å². The number of para-hydroxylation sites is 2. The minimum absolute atomic E-state index is 0.220. The van der Waals surface area contributed by atoms with E-state index in [-0.39, 0.29) is 6.10 Å². The lowest BCUT2D eigenvalue weighted by molar-refractivity contribution is 0.153. The molecule has 1 aliphatic heterocycles. The summed E-state index contributed by atoms with van der Waals surface area (Å²) in [5.74, 6) is 0.875. The van der Waals surface area contributed by atoms with E-state index in [4.69, 9.17) is 0 Å². The van der Waals surface area contributed by atoms with Gasteiger partial charge in [0.2, 0.25) is 5.95 Å². The number of hydrogen-bond acceptors (Lipinski definition) is 3. The van der Waals surface area contributed by atoms with Crippen molar-refractivity contribution in [2.75, 3.05) is 18.0 Å². The Labute approximate surface area is 93.9 Å². The first kappa shape index (κ1) is 9.66. The summed E-state index contributed by atoms with van der Waals surface area (Å²) in [5, 5.41) is 9.63. The van der Waals surface area contributed by atoms with Crippen LogP contribution in [0.25, 0.3) is 11.0 Å². The molecule has 2 heterocycles. The van der Waals surface area contributed by atoms with Crippen molar-refractivity contribution in [1.82, 2.24) is 9.97 Å². The topological polar surface area (TPSA) is 52.1 Å². The number of anilines is 1.